The van der Waals surface area contributed by atoms with Crippen LogP contribution in [0.15, 0.2) is 69.7 Å². The summed E-state index contributed by atoms with van der Waals surface area (Å²) >= 11 is 0. The van der Waals surface area contributed by atoms with Crippen molar-refractivity contribution in [2.45, 2.75) is 26.9 Å². The number of amides is 3. The number of furan rings is 1. The molecule has 5 rings (SSSR count). The van der Waals surface area contributed by atoms with Crippen LogP contribution in [0.1, 0.15) is 57.6 Å². The molecular formula is C27H21N3O6. The van der Waals surface area contributed by atoms with E-state index in [2.05, 4.69) is 10.4 Å². The predicted molar refractivity (Wildman–Crippen MR) is 132 cm³/mol. The number of imide groups is 1. The summed E-state index contributed by atoms with van der Waals surface area (Å²) < 4.78 is 11.1. The first-order valence-corrected chi connectivity index (χ1v) is 11.2. The monoisotopic (exact) mass is 483 g/mol. The Bertz CT molecular complexity index is 1490. The molecule has 0 aliphatic carbocycles. The Morgan fingerprint density at radius 1 is 1.00 bits per heavy atom. The van der Waals surface area contributed by atoms with Crippen LogP contribution in [0.3, 0.4) is 0 Å². The van der Waals surface area contributed by atoms with Crippen molar-refractivity contribution in [3.63, 3.8) is 0 Å². The van der Waals surface area contributed by atoms with Crippen molar-refractivity contribution in [1.29, 1.82) is 0 Å². The summed E-state index contributed by atoms with van der Waals surface area (Å²) in [6.45, 7) is 5.27. The van der Waals surface area contributed by atoms with Gasteiger partial charge in [-0.15, -0.1) is 0 Å². The van der Waals surface area contributed by atoms with Crippen LogP contribution in [0, 0.1) is 0 Å². The first-order chi connectivity index (χ1) is 17.2. The molecule has 2 aliphatic rings. The maximum absolute atomic E-state index is 13.1. The van der Waals surface area contributed by atoms with Gasteiger partial charge in [0.2, 0.25) is 0 Å². The second-order valence-corrected chi connectivity index (χ2v) is 8.61. The SMILES string of the molecule is CC1=NN(c2ccc(C(=O)OC(C)C)cc2)C(=O)/C1=C\c1ccc(-c2ccc3c(c2)C(=O)NC3=O)o1. The molecule has 0 atom stereocenters. The van der Waals surface area contributed by atoms with Gasteiger partial charge in [-0.1, -0.05) is 6.07 Å². The summed E-state index contributed by atoms with van der Waals surface area (Å²) in [6.07, 6.45) is 1.37. The van der Waals surface area contributed by atoms with Gasteiger partial charge in [0.05, 0.1) is 39.8 Å². The molecule has 0 spiro atoms. The Labute approximate surface area is 206 Å². The Hall–Kier alpha value is -4.79. The average molecular weight is 483 g/mol. The molecule has 0 unspecified atom stereocenters. The molecular weight excluding hydrogens is 462 g/mol. The van der Waals surface area contributed by atoms with E-state index in [-0.39, 0.29) is 12.0 Å². The molecule has 0 bridgehead atoms. The Morgan fingerprint density at radius 3 is 2.44 bits per heavy atom. The Balaban J connectivity index is 1.36. The lowest BCUT2D eigenvalue weighted by molar-refractivity contribution is -0.114. The summed E-state index contributed by atoms with van der Waals surface area (Å²) in [6, 6.07) is 14.7. The molecule has 0 saturated carbocycles. The summed E-state index contributed by atoms with van der Waals surface area (Å²) in [5, 5.41) is 7.88. The van der Waals surface area contributed by atoms with Gasteiger partial charge in [0.1, 0.15) is 11.5 Å². The minimum atomic E-state index is -0.445. The number of rotatable bonds is 5. The second-order valence-electron chi connectivity index (χ2n) is 8.61. The lowest BCUT2D eigenvalue weighted by atomic mass is 10.0. The van der Waals surface area contributed by atoms with E-state index >= 15 is 0 Å². The van der Waals surface area contributed by atoms with Crippen molar-refractivity contribution in [2.75, 3.05) is 5.01 Å². The van der Waals surface area contributed by atoms with E-state index in [0.29, 0.717) is 50.7 Å². The molecule has 3 amide bonds. The highest BCUT2D eigenvalue weighted by Crippen LogP contribution is 2.29. The van der Waals surface area contributed by atoms with Crippen molar-refractivity contribution >= 4 is 41.2 Å². The Morgan fingerprint density at radius 2 is 1.72 bits per heavy atom. The van der Waals surface area contributed by atoms with Crippen LogP contribution in [0.25, 0.3) is 17.4 Å². The number of hydrogen-bond donors (Lipinski definition) is 1. The first-order valence-electron chi connectivity index (χ1n) is 11.2. The molecule has 1 N–H and O–H groups in total. The molecule has 2 aliphatic heterocycles. The van der Waals surface area contributed by atoms with Gasteiger partial charge in [0.25, 0.3) is 17.7 Å². The average Bonchev–Trinajstić information content (AvgIpc) is 3.51. The van der Waals surface area contributed by atoms with Crippen molar-refractivity contribution in [3.8, 4) is 11.3 Å². The lowest BCUT2D eigenvalue weighted by Gasteiger charge is -2.13. The van der Waals surface area contributed by atoms with E-state index in [1.807, 2.05) is 0 Å². The number of anilines is 1. The first kappa shape index (κ1) is 23.0. The van der Waals surface area contributed by atoms with Gasteiger partial charge in [0, 0.05) is 5.56 Å². The second kappa shape index (κ2) is 8.77. The number of carbonyl (C=O) groups excluding carboxylic acids is 4. The number of hydrogen-bond acceptors (Lipinski definition) is 7. The van der Waals surface area contributed by atoms with Crippen LogP contribution in [0.5, 0.6) is 0 Å². The summed E-state index contributed by atoms with van der Waals surface area (Å²) in [7, 11) is 0. The summed E-state index contributed by atoms with van der Waals surface area (Å²) in [4.78, 5) is 48.9. The van der Waals surface area contributed by atoms with Gasteiger partial charge in [-0.3, -0.25) is 19.7 Å². The Kier molecular flexibility index (Phi) is 5.60. The van der Waals surface area contributed by atoms with Crippen LogP contribution in [0.2, 0.25) is 0 Å². The van der Waals surface area contributed by atoms with Gasteiger partial charge >= 0.3 is 5.97 Å². The van der Waals surface area contributed by atoms with Gasteiger partial charge < -0.3 is 9.15 Å². The molecule has 0 fully saturated rings. The highest BCUT2D eigenvalue weighted by Gasteiger charge is 2.30. The molecule has 180 valence electrons. The van der Waals surface area contributed by atoms with Crippen LogP contribution >= 0.6 is 0 Å². The van der Waals surface area contributed by atoms with E-state index in [1.165, 1.54) is 5.01 Å². The fourth-order valence-electron chi connectivity index (χ4n) is 3.93. The van der Waals surface area contributed by atoms with Gasteiger partial charge in [-0.05, 0) is 75.4 Å². The minimum absolute atomic E-state index is 0.231. The predicted octanol–water partition coefficient (Wildman–Crippen LogP) is 4.20. The van der Waals surface area contributed by atoms with E-state index in [1.54, 1.807) is 81.4 Å². The standard InChI is InChI=1S/C27H21N3O6/c1-14(2)35-27(34)16-4-7-18(8-5-16)30-26(33)21(15(3)29-30)13-19-9-11-23(36-19)17-6-10-20-22(12-17)25(32)28-24(20)31/h4-14H,1-3H3,(H,28,31,32)/b21-13-. The molecule has 9 heteroatoms. The number of nitrogens with zero attached hydrogens (tertiary/aromatic N) is 2. The lowest BCUT2D eigenvalue weighted by Crippen LogP contribution is -2.21. The number of fused-ring (bicyclic) bond motifs is 1. The highest BCUT2D eigenvalue weighted by atomic mass is 16.5. The largest absolute Gasteiger partial charge is 0.459 e. The zero-order chi connectivity index (χ0) is 25.6. The topological polar surface area (TPSA) is 118 Å². The van der Waals surface area contributed by atoms with Crippen LogP contribution < -0.4 is 10.3 Å². The van der Waals surface area contributed by atoms with Crippen molar-refractivity contribution < 1.29 is 28.3 Å². The summed E-state index contributed by atoms with van der Waals surface area (Å²) in [5.41, 5.74) is 3.01. The zero-order valence-electron chi connectivity index (χ0n) is 19.7. The number of esters is 1. The third-order valence-electron chi connectivity index (χ3n) is 5.69. The molecule has 3 aromatic rings. The molecule has 36 heavy (non-hydrogen) atoms. The number of hydrazone groups is 1. The fraction of sp³-hybridized carbons (Fsp3) is 0.148. The maximum Gasteiger partial charge on any atom is 0.338 e. The number of benzene rings is 2. The third-order valence-corrected chi connectivity index (χ3v) is 5.69. The summed E-state index contributed by atoms with van der Waals surface area (Å²) in [5.74, 6) is -0.728. The fourth-order valence-corrected chi connectivity index (χ4v) is 3.93. The van der Waals surface area contributed by atoms with Crippen LogP contribution in [0.4, 0.5) is 5.69 Å². The normalized spacial score (nSPS) is 16.0. The molecule has 1 aromatic heterocycles. The van der Waals surface area contributed by atoms with E-state index < -0.39 is 17.8 Å². The van der Waals surface area contributed by atoms with Crippen molar-refractivity contribution in [1.82, 2.24) is 5.32 Å². The van der Waals surface area contributed by atoms with E-state index in [9.17, 15) is 19.2 Å². The molecule has 0 radical (unpaired) electrons. The molecule has 3 heterocycles. The zero-order valence-corrected chi connectivity index (χ0v) is 19.7. The van der Waals surface area contributed by atoms with Crippen LogP contribution in [-0.2, 0) is 9.53 Å². The quantitative estimate of drug-likeness (QED) is 0.330. The molecule has 2 aromatic carbocycles. The smallest absolute Gasteiger partial charge is 0.338 e. The third kappa shape index (κ3) is 4.11. The minimum Gasteiger partial charge on any atom is -0.459 e. The van der Waals surface area contributed by atoms with E-state index in [4.69, 9.17) is 9.15 Å². The number of ether oxygens (including phenoxy) is 1. The maximum atomic E-state index is 13.1. The molecule has 9 nitrogen and oxygen atoms in total. The van der Waals surface area contributed by atoms with Crippen molar-refractivity contribution in [2.24, 2.45) is 5.10 Å². The van der Waals surface area contributed by atoms with Gasteiger partial charge in [-0.25, -0.2) is 4.79 Å². The number of carbonyl (C=O) groups is 4. The van der Waals surface area contributed by atoms with E-state index in [0.717, 1.165) is 0 Å². The highest BCUT2D eigenvalue weighted by molar-refractivity contribution is 6.32. The van der Waals surface area contributed by atoms with Gasteiger partial charge in [-0.2, -0.15) is 10.1 Å². The number of nitrogens with one attached hydrogen (secondary N) is 1. The molecule has 0 saturated heterocycles. The van der Waals surface area contributed by atoms with Crippen LogP contribution in [-0.4, -0.2) is 35.5 Å². The van der Waals surface area contributed by atoms with Gasteiger partial charge in [0.15, 0.2) is 0 Å². The van der Waals surface area contributed by atoms with Crippen molar-refractivity contribution in [3.05, 3.63) is 82.6 Å².